The van der Waals surface area contributed by atoms with Gasteiger partial charge in [0.15, 0.2) is 5.75 Å². The molecule has 1 aromatic carbocycles. The predicted octanol–water partition coefficient (Wildman–Crippen LogP) is 2.02. The smallest absolute Gasteiger partial charge is 0.335 e. The van der Waals surface area contributed by atoms with Crippen LogP contribution < -0.4 is 19.5 Å². The third-order valence-corrected chi connectivity index (χ3v) is 4.68. The quantitative estimate of drug-likeness (QED) is 0.664. The monoisotopic (exact) mass is 422 g/mol. The van der Waals surface area contributed by atoms with Crippen LogP contribution in [0.5, 0.6) is 17.5 Å². The summed E-state index contributed by atoms with van der Waals surface area (Å²) in [6, 6.07) is 2.24. The first-order valence-electron chi connectivity index (χ1n) is 6.65. The number of rotatable bonds is 5. The van der Waals surface area contributed by atoms with Crippen molar-refractivity contribution in [3.63, 3.8) is 0 Å². The van der Waals surface area contributed by atoms with Crippen molar-refractivity contribution >= 4 is 45.2 Å². The Balaban J connectivity index is 2.25. The number of methoxy groups -OCH3 is 2. The number of carbonyl (C=O) groups is 1. The second-order valence-corrected chi connectivity index (χ2v) is 7.06. The number of urea groups is 1. The molecule has 13 heteroatoms. The van der Waals surface area contributed by atoms with E-state index in [1.807, 2.05) is 0 Å². The van der Waals surface area contributed by atoms with Crippen molar-refractivity contribution in [1.29, 1.82) is 0 Å². The standard InChI is InChI=1S/C13H12Cl2N4O6S/c1-24-9-5-10(25-2)17-12(16-9)18-13(21)19-26(22,23)8-4-6(14)3-7(15)11(8)20/h3-5,20H,1-2H3,(H2,16,17,18,19,21). The summed E-state index contributed by atoms with van der Waals surface area (Å²) >= 11 is 11.4. The van der Waals surface area contributed by atoms with E-state index in [-0.39, 0.29) is 27.8 Å². The first-order chi connectivity index (χ1) is 12.2. The van der Waals surface area contributed by atoms with Crippen LogP contribution in [0.3, 0.4) is 0 Å². The number of aromatic nitrogens is 2. The summed E-state index contributed by atoms with van der Waals surface area (Å²) < 4.78 is 36.0. The molecule has 0 unspecified atom stereocenters. The largest absolute Gasteiger partial charge is 0.505 e. The lowest BCUT2D eigenvalue weighted by atomic mass is 10.3. The summed E-state index contributed by atoms with van der Waals surface area (Å²) in [5.41, 5.74) is 0. The Bertz CT molecular complexity index is 932. The van der Waals surface area contributed by atoms with Gasteiger partial charge in [-0.3, -0.25) is 5.32 Å². The molecular weight excluding hydrogens is 411 g/mol. The molecule has 10 nitrogen and oxygen atoms in total. The molecule has 1 aromatic heterocycles. The zero-order valence-electron chi connectivity index (χ0n) is 13.3. The fraction of sp³-hybridized carbons (Fsp3) is 0.154. The number of sulfonamides is 1. The van der Waals surface area contributed by atoms with Crippen LogP contribution in [0.25, 0.3) is 0 Å². The predicted molar refractivity (Wildman–Crippen MR) is 92.6 cm³/mol. The number of aromatic hydroxyl groups is 1. The average Bonchev–Trinajstić information content (AvgIpc) is 2.56. The van der Waals surface area contributed by atoms with Gasteiger partial charge in [0.25, 0.3) is 10.0 Å². The number of hydrogen-bond acceptors (Lipinski definition) is 8. The number of phenolic OH excluding ortho intramolecular Hbond substituents is 1. The SMILES string of the molecule is COc1cc(OC)nc(NC(=O)NS(=O)(=O)c2cc(Cl)cc(Cl)c2O)n1. The van der Waals surface area contributed by atoms with Gasteiger partial charge >= 0.3 is 6.03 Å². The normalized spacial score (nSPS) is 10.9. The van der Waals surface area contributed by atoms with E-state index in [2.05, 4.69) is 15.3 Å². The minimum Gasteiger partial charge on any atom is -0.505 e. The number of phenols is 1. The molecule has 26 heavy (non-hydrogen) atoms. The topological polar surface area (TPSA) is 140 Å². The number of carbonyl (C=O) groups excluding carboxylic acids is 1. The van der Waals surface area contributed by atoms with Crippen LogP contribution in [0.4, 0.5) is 10.7 Å². The fourth-order valence-electron chi connectivity index (χ4n) is 1.72. The lowest BCUT2D eigenvalue weighted by molar-refractivity contribution is 0.256. The van der Waals surface area contributed by atoms with E-state index >= 15 is 0 Å². The first kappa shape index (κ1) is 19.8. The van der Waals surface area contributed by atoms with Gasteiger partial charge < -0.3 is 14.6 Å². The van der Waals surface area contributed by atoms with Gasteiger partial charge in [0, 0.05) is 5.02 Å². The second-order valence-electron chi connectivity index (χ2n) is 4.57. The molecule has 0 bridgehead atoms. The number of benzene rings is 1. The van der Waals surface area contributed by atoms with Gasteiger partial charge in [-0.05, 0) is 12.1 Å². The maximum atomic E-state index is 12.3. The fourth-order valence-corrected chi connectivity index (χ4v) is 3.39. The van der Waals surface area contributed by atoms with Crippen LogP contribution in [-0.2, 0) is 10.0 Å². The van der Waals surface area contributed by atoms with Crippen LogP contribution in [0.1, 0.15) is 0 Å². The lowest BCUT2D eigenvalue weighted by Gasteiger charge is -2.11. The van der Waals surface area contributed by atoms with Gasteiger partial charge in [-0.25, -0.2) is 17.9 Å². The highest BCUT2D eigenvalue weighted by atomic mass is 35.5. The molecule has 0 aliphatic carbocycles. The Morgan fingerprint density at radius 1 is 1.12 bits per heavy atom. The van der Waals surface area contributed by atoms with Crippen LogP contribution in [0.2, 0.25) is 10.0 Å². The summed E-state index contributed by atoms with van der Waals surface area (Å²) in [6.45, 7) is 0. The van der Waals surface area contributed by atoms with Gasteiger partial charge in [0.1, 0.15) is 4.90 Å². The summed E-state index contributed by atoms with van der Waals surface area (Å²) in [7, 11) is -1.82. The third-order valence-electron chi connectivity index (χ3n) is 2.83. The molecule has 0 aliphatic rings. The molecule has 0 fully saturated rings. The van der Waals surface area contributed by atoms with Gasteiger partial charge in [-0.2, -0.15) is 9.97 Å². The molecule has 0 saturated heterocycles. The molecular formula is C13H12Cl2N4O6S. The van der Waals surface area contributed by atoms with E-state index in [0.717, 1.165) is 12.1 Å². The summed E-state index contributed by atoms with van der Waals surface area (Å²) in [6.07, 6.45) is 0. The average molecular weight is 423 g/mol. The van der Waals surface area contributed by atoms with Gasteiger partial charge in [0.05, 0.1) is 25.3 Å². The highest BCUT2D eigenvalue weighted by Gasteiger charge is 2.24. The molecule has 140 valence electrons. The molecule has 0 radical (unpaired) electrons. The summed E-state index contributed by atoms with van der Waals surface area (Å²) in [4.78, 5) is 18.9. The maximum absolute atomic E-state index is 12.3. The van der Waals surface area contributed by atoms with Crippen LogP contribution in [0, 0.1) is 0 Å². The van der Waals surface area contributed by atoms with Crippen molar-refractivity contribution in [2.75, 3.05) is 19.5 Å². The first-order valence-corrected chi connectivity index (χ1v) is 8.89. The van der Waals surface area contributed by atoms with Gasteiger partial charge in [-0.15, -0.1) is 0 Å². The van der Waals surface area contributed by atoms with Crippen LogP contribution in [-0.4, -0.2) is 43.7 Å². The van der Waals surface area contributed by atoms with E-state index in [1.54, 1.807) is 4.72 Å². The molecule has 2 aromatic rings. The third kappa shape index (κ3) is 4.56. The highest BCUT2D eigenvalue weighted by molar-refractivity contribution is 7.90. The Labute approximate surface area is 158 Å². The van der Waals surface area contributed by atoms with Crippen molar-refractivity contribution in [2.45, 2.75) is 4.90 Å². The molecule has 0 saturated carbocycles. The molecule has 0 spiro atoms. The van der Waals surface area contributed by atoms with Crippen molar-refractivity contribution in [1.82, 2.24) is 14.7 Å². The van der Waals surface area contributed by atoms with Gasteiger partial charge in [-0.1, -0.05) is 23.2 Å². The molecule has 0 aliphatic heterocycles. The number of halogens is 2. The van der Waals surface area contributed by atoms with Crippen molar-refractivity contribution in [3.05, 3.63) is 28.2 Å². The lowest BCUT2D eigenvalue weighted by Crippen LogP contribution is -2.35. The zero-order chi connectivity index (χ0) is 19.5. The van der Waals surface area contributed by atoms with Crippen LogP contribution >= 0.6 is 23.2 Å². The Hall–Kier alpha value is -2.50. The summed E-state index contributed by atoms with van der Waals surface area (Å²) in [5, 5.41) is 11.6. The van der Waals surface area contributed by atoms with Crippen molar-refractivity contribution < 1.29 is 27.8 Å². The number of nitrogens with one attached hydrogen (secondary N) is 2. The number of ether oxygens (including phenoxy) is 2. The molecule has 2 rings (SSSR count). The summed E-state index contributed by atoms with van der Waals surface area (Å²) in [5.74, 6) is -0.874. The number of anilines is 1. The number of amides is 2. The molecule has 0 atom stereocenters. The van der Waals surface area contributed by atoms with Crippen molar-refractivity contribution in [3.8, 4) is 17.5 Å². The van der Waals surface area contributed by atoms with Gasteiger partial charge in [0.2, 0.25) is 17.7 Å². The number of nitrogens with zero attached hydrogens (tertiary/aromatic N) is 2. The van der Waals surface area contributed by atoms with E-state index in [4.69, 9.17) is 32.7 Å². The minimum absolute atomic E-state index is 0.0468. The Morgan fingerprint density at radius 2 is 1.69 bits per heavy atom. The van der Waals surface area contributed by atoms with E-state index in [0.29, 0.717) is 0 Å². The van der Waals surface area contributed by atoms with E-state index in [9.17, 15) is 18.3 Å². The highest BCUT2D eigenvalue weighted by Crippen LogP contribution is 2.34. The molecule has 1 heterocycles. The number of hydrogen-bond donors (Lipinski definition) is 3. The second kappa shape index (κ2) is 7.81. The minimum atomic E-state index is -4.49. The maximum Gasteiger partial charge on any atom is 0.335 e. The zero-order valence-corrected chi connectivity index (χ0v) is 15.6. The Kier molecular flexibility index (Phi) is 5.95. The van der Waals surface area contributed by atoms with E-state index in [1.165, 1.54) is 20.3 Å². The van der Waals surface area contributed by atoms with E-state index < -0.39 is 26.7 Å². The Morgan fingerprint density at radius 3 is 2.23 bits per heavy atom. The van der Waals surface area contributed by atoms with Crippen molar-refractivity contribution in [2.24, 2.45) is 0 Å². The molecule has 3 N–H and O–H groups in total. The van der Waals surface area contributed by atoms with Crippen LogP contribution in [0.15, 0.2) is 23.1 Å². The molecule has 2 amide bonds.